The van der Waals surface area contributed by atoms with Gasteiger partial charge in [-0.25, -0.2) is 0 Å². The molecule has 0 unspecified atom stereocenters. The minimum absolute atomic E-state index is 0.311. The first-order chi connectivity index (χ1) is 8.96. The third-order valence-corrected chi connectivity index (χ3v) is 3.25. The maximum absolute atomic E-state index is 8.69. The van der Waals surface area contributed by atoms with Gasteiger partial charge in [-0.3, -0.25) is 0 Å². The predicted molar refractivity (Wildman–Crippen MR) is 79.0 cm³/mol. The van der Waals surface area contributed by atoms with E-state index in [2.05, 4.69) is 31.2 Å². The van der Waals surface area contributed by atoms with Crippen molar-refractivity contribution in [2.75, 3.05) is 6.61 Å². The van der Waals surface area contributed by atoms with E-state index in [1.807, 2.05) is 0 Å². The van der Waals surface area contributed by atoms with Crippen molar-refractivity contribution in [2.45, 2.75) is 58.7 Å². The molecule has 3 N–H and O–H groups in total. The molecule has 0 saturated heterocycles. The van der Waals surface area contributed by atoms with Crippen LogP contribution in [0.4, 0.5) is 0 Å². The van der Waals surface area contributed by atoms with Gasteiger partial charge >= 0.3 is 0 Å². The summed E-state index contributed by atoms with van der Waals surface area (Å²) in [5.41, 5.74) is 2.77. The molecule has 0 radical (unpaired) electrons. The number of unbranched alkanes of at least 4 members (excludes halogenated alkanes) is 1. The van der Waals surface area contributed by atoms with Crippen LogP contribution in [0.5, 0.6) is 0 Å². The first-order valence-corrected chi connectivity index (χ1v) is 7.07. The summed E-state index contributed by atoms with van der Waals surface area (Å²) in [5, 5.41) is 26.0. The number of aliphatic hydroxyl groups excluding tert-OH is 1. The summed E-state index contributed by atoms with van der Waals surface area (Å²) in [4.78, 5) is 0. The number of aliphatic hydroxyl groups is 3. The summed E-state index contributed by atoms with van der Waals surface area (Å²) in [6, 6.07) is 8.42. The maximum atomic E-state index is 8.69. The van der Waals surface area contributed by atoms with Gasteiger partial charge in [0.15, 0.2) is 5.79 Å². The van der Waals surface area contributed by atoms with Crippen LogP contribution in [0.2, 0.25) is 0 Å². The zero-order valence-corrected chi connectivity index (χ0v) is 12.4. The Bertz CT molecular complexity index is 329. The lowest BCUT2D eigenvalue weighted by atomic mass is 10.0. The number of rotatable bonds is 6. The smallest absolute Gasteiger partial charge is 0.161 e. The molecule has 3 heteroatoms. The highest BCUT2D eigenvalue weighted by Crippen LogP contribution is 2.10. The van der Waals surface area contributed by atoms with Gasteiger partial charge in [0.25, 0.3) is 0 Å². The fourth-order valence-electron chi connectivity index (χ4n) is 1.57. The molecule has 19 heavy (non-hydrogen) atoms. The van der Waals surface area contributed by atoms with Crippen LogP contribution in [0.1, 0.15) is 50.7 Å². The van der Waals surface area contributed by atoms with E-state index in [1.165, 1.54) is 11.1 Å². The molecule has 0 aromatic heterocycles. The van der Waals surface area contributed by atoms with Crippen molar-refractivity contribution in [2.24, 2.45) is 0 Å². The van der Waals surface area contributed by atoms with Crippen molar-refractivity contribution in [1.29, 1.82) is 0 Å². The normalized spacial score (nSPS) is 10.8. The summed E-state index contributed by atoms with van der Waals surface area (Å²) in [6.45, 7) is 5.92. The van der Waals surface area contributed by atoms with Gasteiger partial charge in [-0.05, 0) is 50.2 Å². The molecule has 0 aliphatic rings. The molecule has 110 valence electrons. The maximum Gasteiger partial charge on any atom is 0.161 e. The van der Waals surface area contributed by atoms with E-state index in [1.54, 1.807) is 13.8 Å². The lowest BCUT2D eigenvalue weighted by molar-refractivity contribution is -0.163. The Morgan fingerprint density at radius 2 is 1.58 bits per heavy atom. The molecular formula is C16H28O3. The summed E-state index contributed by atoms with van der Waals surface area (Å²) < 4.78 is 0. The van der Waals surface area contributed by atoms with E-state index >= 15 is 0 Å². The molecule has 0 bridgehead atoms. The van der Waals surface area contributed by atoms with Gasteiger partial charge in [-0.1, -0.05) is 38.1 Å². The topological polar surface area (TPSA) is 60.7 Å². The average molecular weight is 268 g/mol. The van der Waals surface area contributed by atoms with Crippen molar-refractivity contribution >= 4 is 0 Å². The van der Waals surface area contributed by atoms with Crippen molar-refractivity contribution in [1.82, 2.24) is 0 Å². The Hall–Kier alpha value is -0.900. The molecule has 0 saturated carbocycles. The zero-order valence-electron chi connectivity index (χ0n) is 12.4. The Morgan fingerprint density at radius 3 is 2.00 bits per heavy atom. The van der Waals surface area contributed by atoms with E-state index in [0.29, 0.717) is 19.4 Å². The molecule has 0 aliphatic carbocycles. The zero-order chi connectivity index (χ0) is 14.7. The summed E-state index contributed by atoms with van der Waals surface area (Å²) in [7, 11) is 0. The summed E-state index contributed by atoms with van der Waals surface area (Å²) >= 11 is 0. The summed E-state index contributed by atoms with van der Waals surface area (Å²) in [6.07, 6.45) is 3.90. The average Bonchev–Trinajstić information content (AvgIpc) is 2.42. The Balaban J connectivity index is 0.000000399. The van der Waals surface area contributed by atoms with Crippen molar-refractivity contribution < 1.29 is 15.3 Å². The second-order valence-corrected chi connectivity index (χ2v) is 4.80. The monoisotopic (exact) mass is 268 g/mol. The van der Waals surface area contributed by atoms with E-state index in [0.717, 1.165) is 19.3 Å². The van der Waals surface area contributed by atoms with Crippen LogP contribution in [-0.2, 0) is 6.42 Å². The van der Waals surface area contributed by atoms with Crippen LogP contribution in [0.3, 0.4) is 0 Å². The highest BCUT2D eigenvalue weighted by atomic mass is 16.5. The third kappa shape index (κ3) is 8.76. The Kier molecular flexibility index (Phi) is 9.48. The lowest BCUT2D eigenvalue weighted by Gasteiger charge is -2.15. The van der Waals surface area contributed by atoms with E-state index in [9.17, 15) is 0 Å². The van der Waals surface area contributed by atoms with Crippen molar-refractivity contribution in [3.8, 4) is 0 Å². The molecule has 0 spiro atoms. The fraction of sp³-hybridized carbons (Fsp3) is 0.625. The van der Waals surface area contributed by atoms with Gasteiger partial charge in [-0.2, -0.15) is 0 Å². The SMILES string of the molecule is CCC(O)(O)CC.Cc1ccccc1CCCCO. The van der Waals surface area contributed by atoms with Gasteiger partial charge in [0, 0.05) is 6.61 Å². The first-order valence-electron chi connectivity index (χ1n) is 7.07. The third-order valence-electron chi connectivity index (χ3n) is 3.25. The first kappa shape index (κ1) is 18.1. The standard InChI is InChI=1S/C11H16O.C5H12O2/c1-10-6-2-3-7-11(10)8-4-5-9-12;1-3-5(6,7)4-2/h2-3,6-7,12H,4-5,8-9H2,1H3;6-7H,3-4H2,1-2H3. The van der Waals surface area contributed by atoms with Crippen LogP contribution in [0, 0.1) is 6.92 Å². The Morgan fingerprint density at radius 1 is 1.00 bits per heavy atom. The van der Waals surface area contributed by atoms with Gasteiger partial charge < -0.3 is 15.3 Å². The number of aryl methyl sites for hydroxylation is 2. The molecule has 1 aromatic carbocycles. The second-order valence-electron chi connectivity index (χ2n) is 4.80. The molecule has 0 amide bonds. The largest absolute Gasteiger partial charge is 0.396 e. The molecule has 0 atom stereocenters. The van der Waals surface area contributed by atoms with Gasteiger partial charge in [0.05, 0.1) is 0 Å². The molecule has 3 nitrogen and oxygen atoms in total. The molecule has 0 aliphatic heterocycles. The lowest BCUT2D eigenvalue weighted by Crippen LogP contribution is -2.24. The van der Waals surface area contributed by atoms with Crippen molar-refractivity contribution in [3.63, 3.8) is 0 Å². The highest BCUT2D eigenvalue weighted by molar-refractivity contribution is 5.25. The molecule has 0 heterocycles. The second kappa shape index (κ2) is 9.96. The van der Waals surface area contributed by atoms with Crippen molar-refractivity contribution in [3.05, 3.63) is 35.4 Å². The Labute approximate surface area is 116 Å². The van der Waals surface area contributed by atoms with Crippen LogP contribution < -0.4 is 0 Å². The number of benzene rings is 1. The van der Waals surface area contributed by atoms with E-state index in [-0.39, 0.29) is 0 Å². The quantitative estimate of drug-likeness (QED) is 0.549. The van der Waals surface area contributed by atoms with Crippen LogP contribution in [0.15, 0.2) is 24.3 Å². The number of hydrogen-bond donors (Lipinski definition) is 3. The minimum Gasteiger partial charge on any atom is -0.396 e. The van der Waals surface area contributed by atoms with Gasteiger partial charge in [0.2, 0.25) is 0 Å². The molecule has 0 fully saturated rings. The van der Waals surface area contributed by atoms with Crippen LogP contribution >= 0.6 is 0 Å². The van der Waals surface area contributed by atoms with Crippen LogP contribution in [0.25, 0.3) is 0 Å². The van der Waals surface area contributed by atoms with E-state index < -0.39 is 5.79 Å². The summed E-state index contributed by atoms with van der Waals surface area (Å²) in [5.74, 6) is -1.42. The van der Waals surface area contributed by atoms with Crippen LogP contribution in [-0.4, -0.2) is 27.7 Å². The molecule has 1 aromatic rings. The van der Waals surface area contributed by atoms with Gasteiger partial charge in [0.1, 0.15) is 0 Å². The fourth-order valence-corrected chi connectivity index (χ4v) is 1.57. The van der Waals surface area contributed by atoms with E-state index in [4.69, 9.17) is 15.3 Å². The number of hydrogen-bond acceptors (Lipinski definition) is 3. The highest BCUT2D eigenvalue weighted by Gasteiger charge is 2.15. The molecule has 1 rings (SSSR count). The van der Waals surface area contributed by atoms with Gasteiger partial charge in [-0.15, -0.1) is 0 Å². The minimum atomic E-state index is -1.42. The predicted octanol–water partition coefficient (Wildman–Crippen LogP) is 2.80. The molecular weight excluding hydrogens is 240 g/mol.